The molecule has 4 nitrogen and oxygen atoms in total. The van der Waals surface area contributed by atoms with Gasteiger partial charge in [0.25, 0.3) is 0 Å². The maximum atomic E-state index is 11.5. The summed E-state index contributed by atoms with van der Waals surface area (Å²) in [4.78, 5) is 2.05. The van der Waals surface area contributed by atoms with Crippen molar-refractivity contribution >= 4 is 9.84 Å². The van der Waals surface area contributed by atoms with E-state index in [0.717, 1.165) is 6.61 Å². The van der Waals surface area contributed by atoms with Crippen molar-refractivity contribution in [2.24, 2.45) is 5.92 Å². The Kier molecular flexibility index (Phi) is 6.13. The summed E-state index contributed by atoms with van der Waals surface area (Å²) in [5.74, 6) is 3.63. The summed E-state index contributed by atoms with van der Waals surface area (Å²) in [5, 5.41) is 0. The van der Waals surface area contributed by atoms with Crippen LogP contribution in [0.3, 0.4) is 0 Å². The molecule has 1 aliphatic heterocycles. The number of sulfone groups is 1. The van der Waals surface area contributed by atoms with Crippen LogP contribution in [0.25, 0.3) is 0 Å². The van der Waals surface area contributed by atoms with Crippen LogP contribution in [0.1, 0.15) is 20.3 Å². The second-order valence-electron chi connectivity index (χ2n) is 5.20. The summed E-state index contributed by atoms with van der Waals surface area (Å²) >= 11 is 0. The van der Waals surface area contributed by atoms with E-state index in [2.05, 4.69) is 19.8 Å². The summed E-state index contributed by atoms with van der Waals surface area (Å²) < 4.78 is 28.4. The third-order valence-electron chi connectivity index (χ3n) is 2.99. The fourth-order valence-electron chi connectivity index (χ4n) is 2.07. The van der Waals surface area contributed by atoms with Crippen molar-refractivity contribution in [2.45, 2.75) is 26.3 Å². The molecule has 0 bridgehead atoms. The van der Waals surface area contributed by atoms with Crippen LogP contribution in [-0.2, 0) is 14.6 Å². The zero-order valence-electron chi connectivity index (χ0n) is 11.3. The number of hydrogen-bond donors (Lipinski definition) is 0. The predicted molar refractivity (Wildman–Crippen MR) is 73.1 cm³/mol. The van der Waals surface area contributed by atoms with E-state index in [-0.39, 0.29) is 17.5 Å². The molecule has 0 N–H and O–H groups in total. The number of ether oxygens (including phenoxy) is 1. The van der Waals surface area contributed by atoms with Gasteiger partial charge in [-0.15, -0.1) is 6.42 Å². The molecule has 0 aliphatic carbocycles. The molecular weight excluding hydrogens is 250 g/mol. The highest BCUT2D eigenvalue weighted by Crippen LogP contribution is 2.17. The van der Waals surface area contributed by atoms with Crippen LogP contribution in [-0.4, -0.2) is 57.2 Å². The van der Waals surface area contributed by atoms with E-state index >= 15 is 0 Å². The minimum absolute atomic E-state index is 0.0636. The Labute approximate surface area is 111 Å². The lowest BCUT2D eigenvalue weighted by molar-refractivity contribution is 0.0799. The Morgan fingerprint density at radius 2 is 2.22 bits per heavy atom. The van der Waals surface area contributed by atoms with Crippen LogP contribution < -0.4 is 0 Å². The molecule has 1 unspecified atom stereocenters. The molecule has 104 valence electrons. The Balaban J connectivity index is 2.39. The third kappa shape index (κ3) is 5.38. The lowest BCUT2D eigenvalue weighted by atomic mass is 10.2. The highest BCUT2D eigenvalue weighted by Gasteiger charge is 2.31. The van der Waals surface area contributed by atoms with Gasteiger partial charge in [-0.25, -0.2) is 8.42 Å². The first-order chi connectivity index (χ1) is 8.44. The molecule has 1 fully saturated rings. The topological polar surface area (TPSA) is 46.6 Å². The van der Waals surface area contributed by atoms with Gasteiger partial charge in [0.05, 0.1) is 24.7 Å². The lowest BCUT2D eigenvalue weighted by Gasteiger charge is -2.25. The molecule has 1 heterocycles. The summed E-state index contributed by atoms with van der Waals surface area (Å²) in [6.45, 7) is 6.73. The lowest BCUT2D eigenvalue weighted by Crippen LogP contribution is -2.39. The average molecular weight is 273 g/mol. The van der Waals surface area contributed by atoms with Gasteiger partial charge in [0.15, 0.2) is 9.84 Å². The summed E-state index contributed by atoms with van der Waals surface area (Å²) in [5.41, 5.74) is 0. The van der Waals surface area contributed by atoms with Gasteiger partial charge in [0, 0.05) is 19.2 Å². The molecule has 0 radical (unpaired) electrons. The van der Waals surface area contributed by atoms with Crippen molar-refractivity contribution in [3.05, 3.63) is 0 Å². The van der Waals surface area contributed by atoms with Crippen LogP contribution in [0.15, 0.2) is 0 Å². The SMILES string of the molecule is C#CCN(CCOCC(C)C)C1CCS(=O)(=O)C1. The normalized spacial score (nSPS) is 22.5. The number of terminal acetylenes is 1. The highest BCUT2D eigenvalue weighted by atomic mass is 32.2. The summed E-state index contributed by atoms with van der Waals surface area (Å²) in [6.07, 6.45) is 6.02. The first kappa shape index (κ1) is 15.5. The van der Waals surface area contributed by atoms with Crippen molar-refractivity contribution in [1.29, 1.82) is 0 Å². The summed E-state index contributed by atoms with van der Waals surface area (Å²) in [6, 6.07) is 0.0636. The molecule has 0 spiro atoms. The maximum absolute atomic E-state index is 11.5. The Hall–Kier alpha value is -0.570. The smallest absolute Gasteiger partial charge is 0.151 e. The van der Waals surface area contributed by atoms with Gasteiger partial charge in [0.1, 0.15) is 0 Å². The van der Waals surface area contributed by atoms with Gasteiger partial charge in [-0.05, 0) is 12.3 Å². The molecule has 0 aromatic rings. The Morgan fingerprint density at radius 1 is 1.50 bits per heavy atom. The van der Waals surface area contributed by atoms with Crippen molar-refractivity contribution in [1.82, 2.24) is 4.90 Å². The van der Waals surface area contributed by atoms with E-state index in [1.54, 1.807) is 0 Å². The van der Waals surface area contributed by atoms with Gasteiger partial charge in [-0.1, -0.05) is 19.8 Å². The standard InChI is InChI=1S/C13H23NO3S/c1-4-6-14(7-8-17-10-12(2)3)13-5-9-18(15,16)11-13/h1,12-13H,5-11H2,2-3H3. The van der Waals surface area contributed by atoms with Crippen LogP contribution in [0.2, 0.25) is 0 Å². The molecule has 0 aromatic carbocycles. The minimum atomic E-state index is -2.85. The molecule has 1 saturated heterocycles. The molecule has 0 amide bonds. The van der Waals surface area contributed by atoms with Crippen LogP contribution in [0, 0.1) is 18.3 Å². The number of nitrogens with zero attached hydrogens (tertiary/aromatic N) is 1. The zero-order chi connectivity index (χ0) is 13.6. The van der Waals surface area contributed by atoms with Gasteiger partial charge < -0.3 is 4.74 Å². The Morgan fingerprint density at radius 3 is 2.72 bits per heavy atom. The van der Waals surface area contributed by atoms with Crippen molar-refractivity contribution in [2.75, 3.05) is 37.8 Å². The second-order valence-corrected chi connectivity index (χ2v) is 7.43. The van der Waals surface area contributed by atoms with E-state index in [9.17, 15) is 8.42 Å². The molecule has 5 heteroatoms. The first-order valence-electron chi connectivity index (χ1n) is 6.40. The third-order valence-corrected chi connectivity index (χ3v) is 4.74. The van der Waals surface area contributed by atoms with Crippen molar-refractivity contribution in [3.8, 4) is 12.3 Å². The molecule has 18 heavy (non-hydrogen) atoms. The van der Waals surface area contributed by atoms with Crippen molar-refractivity contribution in [3.63, 3.8) is 0 Å². The van der Waals surface area contributed by atoms with Gasteiger partial charge in [-0.2, -0.15) is 0 Å². The van der Waals surface area contributed by atoms with Gasteiger partial charge in [-0.3, -0.25) is 4.90 Å². The van der Waals surface area contributed by atoms with Crippen molar-refractivity contribution < 1.29 is 13.2 Å². The zero-order valence-corrected chi connectivity index (χ0v) is 12.1. The van der Waals surface area contributed by atoms with Crippen LogP contribution in [0.4, 0.5) is 0 Å². The fraction of sp³-hybridized carbons (Fsp3) is 0.846. The predicted octanol–water partition coefficient (Wildman–Crippen LogP) is 0.781. The highest BCUT2D eigenvalue weighted by molar-refractivity contribution is 7.91. The van der Waals surface area contributed by atoms with E-state index in [1.165, 1.54) is 0 Å². The average Bonchev–Trinajstić information content (AvgIpc) is 2.63. The van der Waals surface area contributed by atoms with Gasteiger partial charge in [0.2, 0.25) is 0 Å². The Bertz CT molecular complexity index is 384. The van der Waals surface area contributed by atoms with Crippen LogP contribution in [0.5, 0.6) is 0 Å². The van der Waals surface area contributed by atoms with E-state index in [0.29, 0.717) is 32.0 Å². The van der Waals surface area contributed by atoms with E-state index < -0.39 is 9.84 Å². The van der Waals surface area contributed by atoms with Gasteiger partial charge >= 0.3 is 0 Å². The molecule has 1 rings (SSSR count). The molecule has 1 atom stereocenters. The number of rotatable bonds is 7. The molecule has 0 saturated carbocycles. The largest absolute Gasteiger partial charge is 0.380 e. The quantitative estimate of drug-likeness (QED) is 0.508. The maximum Gasteiger partial charge on any atom is 0.151 e. The van der Waals surface area contributed by atoms with Crippen LogP contribution >= 0.6 is 0 Å². The first-order valence-corrected chi connectivity index (χ1v) is 8.22. The molecular formula is C13H23NO3S. The second kappa shape index (κ2) is 7.13. The fourth-order valence-corrected chi connectivity index (χ4v) is 3.83. The van der Waals surface area contributed by atoms with E-state index in [4.69, 9.17) is 11.2 Å². The number of hydrogen-bond acceptors (Lipinski definition) is 4. The molecule has 1 aliphatic rings. The monoisotopic (exact) mass is 273 g/mol. The summed E-state index contributed by atoms with van der Waals surface area (Å²) in [7, 11) is -2.85. The van der Waals surface area contributed by atoms with E-state index in [1.807, 2.05) is 4.90 Å². The molecule has 0 aromatic heterocycles. The minimum Gasteiger partial charge on any atom is -0.380 e.